The van der Waals surface area contributed by atoms with Gasteiger partial charge in [0.05, 0.1) is 6.16 Å². The molecular weight excluding hydrogens is 372 g/mol. The van der Waals surface area contributed by atoms with Gasteiger partial charge in [-0.1, -0.05) is 0 Å². The highest BCUT2D eigenvalue weighted by Crippen LogP contribution is 2.55. The molecule has 0 spiro atoms. The molecule has 0 amide bonds. The molecule has 10 nitrogen and oxygen atoms in total. The van der Waals surface area contributed by atoms with E-state index in [0.29, 0.717) is 18.9 Å². The van der Waals surface area contributed by atoms with Crippen molar-refractivity contribution in [3.8, 4) is 0 Å². The number of nitrogens with zero attached hydrogens (tertiary/aromatic N) is 3. The molecule has 1 aliphatic heterocycles. The molecule has 1 aromatic rings. The zero-order valence-electron chi connectivity index (χ0n) is 13.9. The summed E-state index contributed by atoms with van der Waals surface area (Å²) in [4.78, 5) is 55.7. The number of hydrogen-bond donors (Lipinski definition) is 4. The summed E-state index contributed by atoms with van der Waals surface area (Å²) in [5, 5.41) is 0. The Bertz CT molecular complexity index is 763. The number of aromatic nitrogens is 2. The molecule has 0 aliphatic carbocycles. The van der Waals surface area contributed by atoms with Crippen LogP contribution in [0.2, 0.25) is 0 Å². The van der Waals surface area contributed by atoms with Crippen LogP contribution >= 0.6 is 15.2 Å². The van der Waals surface area contributed by atoms with E-state index in [9.17, 15) is 23.7 Å². The average Bonchev–Trinajstić information content (AvgIpc) is 2.49. The number of piperidine rings is 1. The van der Waals surface area contributed by atoms with Crippen molar-refractivity contribution in [2.24, 2.45) is 7.05 Å². The van der Waals surface area contributed by atoms with E-state index in [-0.39, 0.29) is 5.82 Å². The third-order valence-electron chi connectivity index (χ3n) is 4.23. The van der Waals surface area contributed by atoms with Gasteiger partial charge in [-0.05, 0) is 25.7 Å². The lowest BCUT2D eigenvalue weighted by Crippen LogP contribution is -2.33. The van der Waals surface area contributed by atoms with Crippen molar-refractivity contribution in [1.82, 2.24) is 9.55 Å². The van der Waals surface area contributed by atoms with Gasteiger partial charge >= 0.3 is 15.2 Å². The Labute approximate surface area is 144 Å². The minimum absolute atomic E-state index is 0.158. The quantitative estimate of drug-likeness (QED) is 0.506. The largest absolute Gasteiger partial charge is 0.356 e. The van der Waals surface area contributed by atoms with E-state index in [0.717, 1.165) is 23.8 Å². The first-order valence-corrected chi connectivity index (χ1v) is 11.4. The van der Waals surface area contributed by atoms with Gasteiger partial charge in [-0.3, -0.25) is 18.5 Å². The molecule has 12 heteroatoms. The van der Waals surface area contributed by atoms with Gasteiger partial charge < -0.3 is 24.5 Å². The van der Waals surface area contributed by atoms with Crippen LogP contribution in [0.25, 0.3) is 0 Å². The number of anilines is 1. The predicted octanol–water partition coefficient (Wildman–Crippen LogP) is 0.557. The molecule has 1 aliphatic rings. The van der Waals surface area contributed by atoms with Crippen LogP contribution < -0.4 is 10.5 Å². The van der Waals surface area contributed by atoms with Crippen molar-refractivity contribution >= 4 is 21.0 Å². The molecule has 0 aromatic carbocycles. The van der Waals surface area contributed by atoms with E-state index < -0.39 is 39.0 Å². The van der Waals surface area contributed by atoms with Gasteiger partial charge in [0.2, 0.25) is 0 Å². The predicted molar refractivity (Wildman–Crippen MR) is 91.9 cm³/mol. The molecule has 1 fully saturated rings. The second kappa shape index (κ2) is 7.70. The Morgan fingerprint density at radius 1 is 1.16 bits per heavy atom. The maximum Gasteiger partial charge on any atom is 0.336 e. The molecule has 25 heavy (non-hydrogen) atoms. The van der Waals surface area contributed by atoms with Gasteiger partial charge in [0.25, 0.3) is 5.56 Å². The smallest absolute Gasteiger partial charge is 0.336 e. The standard InChI is InChI=1S/C13H23N3O7P2/c1-15-12(17)9-11(16-6-3-2-4-7-16)14-13(15)10(25(21,22)23)5-8-24(18,19)20/h9-10H,2-8H2,1H3,(H2,18,19,20)(H2,21,22,23). The lowest BCUT2D eigenvalue weighted by molar-refractivity contribution is 0.348. The summed E-state index contributed by atoms with van der Waals surface area (Å²) < 4.78 is 24.0. The summed E-state index contributed by atoms with van der Waals surface area (Å²) in [6, 6.07) is 1.31. The fourth-order valence-corrected chi connectivity index (χ4v) is 4.66. The molecule has 0 bridgehead atoms. The van der Waals surface area contributed by atoms with Gasteiger partial charge in [0, 0.05) is 26.2 Å². The SMILES string of the molecule is Cn1c(C(CCP(=O)(O)O)P(=O)(O)O)nc(N2CCCCC2)cc1=O. The minimum Gasteiger partial charge on any atom is -0.356 e. The van der Waals surface area contributed by atoms with Gasteiger partial charge in [-0.25, -0.2) is 4.98 Å². The molecule has 0 saturated carbocycles. The van der Waals surface area contributed by atoms with Crippen LogP contribution in [0, 0.1) is 0 Å². The second-order valence-corrected chi connectivity index (χ2v) is 9.78. The zero-order valence-corrected chi connectivity index (χ0v) is 15.6. The highest BCUT2D eigenvalue weighted by Gasteiger charge is 2.36. The molecular formula is C13H23N3O7P2. The van der Waals surface area contributed by atoms with E-state index in [1.807, 2.05) is 4.90 Å². The maximum absolute atomic E-state index is 12.2. The third kappa shape index (κ3) is 5.48. The summed E-state index contributed by atoms with van der Waals surface area (Å²) in [5.74, 6) is 0.183. The molecule has 2 rings (SSSR count). The van der Waals surface area contributed by atoms with Crippen molar-refractivity contribution in [3.63, 3.8) is 0 Å². The molecule has 1 atom stereocenters. The van der Waals surface area contributed by atoms with E-state index in [1.54, 1.807) is 0 Å². The van der Waals surface area contributed by atoms with Crippen LogP contribution in [0.5, 0.6) is 0 Å². The fourth-order valence-electron chi connectivity index (χ4n) is 2.87. The summed E-state index contributed by atoms with van der Waals surface area (Å²) in [6.45, 7) is 1.39. The fraction of sp³-hybridized carbons (Fsp3) is 0.692. The Morgan fingerprint density at radius 3 is 2.28 bits per heavy atom. The van der Waals surface area contributed by atoms with Gasteiger partial charge in [-0.15, -0.1) is 0 Å². The number of hydrogen-bond acceptors (Lipinski definition) is 5. The summed E-state index contributed by atoms with van der Waals surface area (Å²) in [5.41, 5.74) is -2.03. The van der Waals surface area contributed by atoms with Gasteiger partial charge in [0.1, 0.15) is 17.3 Å². The number of rotatable bonds is 6. The van der Waals surface area contributed by atoms with E-state index in [2.05, 4.69) is 4.98 Å². The Kier molecular flexibility index (Phi) is 6.25. The lowest BCUT2D eigenvalue weighted by atomic mass is 10.1. The molecule has 1 unspecified atom stereocenters. The van der Waals surface area contributed by atoms with Crippen molar-refractivity contribution in [2.75, 3.05) is 24.2 Å². The van der Waals surface area contributed by atoms with Crippen molar-refractivity contribution in [3.05, 3.63) is 22.2 Å². The lowest BCUT2D eigenvalue weighted by Gasteiger charge is -2.29. The molecule has 1 aromatic heterocycles. The van der Waals surface area contributed by atoms with Crippen molar-refractivity contribution in [1.29, 1.82) is 0 Å². The normalized spacial score (nSPS) is 17.6. The Morgan fingerprint density at radius 2 is 1.76 bits per heavy atom. The molecule has 142 valence electrons. The third-order valence-corrected chi connectivity index (χ3v) is 6.38. The van der Waals surface area contributed by atoms with E-state index >= 15 is 0 Å². The van der Waals surface area contributed by atoms with Crippen LogP contribution in [0.3, 0.4) is 0 Å². The highest BCUT2D eigenvalue weighted by atomic mass is 31.2. The van der Waals surface area contributed by atoms with Crippen LogP contribution in [-0.2, 0) is 16.2 Å². The monoisotopic (exact) mass is 395 g/mol. The summed E-state index contributed by atoms with van der Waals surface area (Å²) in [6.07, 6.45) is 1.77. The van der Waals surface area contributed by atoms with Crippen LogP contribution in [0.4, 0.5) is 5.82 Å². The van der Waals surface area contributed by atoms with Gasteiger partial charge in [0.15, 0.2) is 0 Å². The van der Waals surface area contributed by atoms with Crippen LogP contribution in [0.15, 0.2) is 10.9 Å². The van der Waals surface area contributed by atoms with E-state index in [1.165, 1.54) is 13.1 Å². The minimum atomic E-state index is -4.77. The molecule has 0 radical (unpaired) electrons. The first kappa shape index (κ1) is 20.3. The molecule has 4 N–H and O–H groups in total. The molecule has 2 heterocycles. The van der Waals surface area contributed by atoms with Crippen LogP contribution in [0.1, 0.15) is 37.2 Å². The Balaban J connectivity index is 2.45. The van der Waals surface area contributed by atoms with Gasteiger partial charge in [-0.2, -0.15) is 0 Å². The maximum atomic E-state index is 12.2. The van der Waals surface area contributed by atoms with Crippen molar-refractivity contribution < 1.29 is 28.7 Å². The highest BCUT2D eigenvalue weighted by molar-refractivity contribution is 7.53. The first-order chi connectivity index (χ1) is 11.5. The van der Waals surface area contributed by atoms with E-state index in [4.69, 9.17) is 9.79 Å². The molecule has 1 saturated heterocycles. The average molecular weight is 395 g/mol. The first-order valence-electron chi connectivity index (χ1n) is 7.92. The summed E-state index contributed by atoms with van der Waals surface area (Å²) in [7, 11) is -7.88. The van der Waals surface area contributed by atoms with Crippen LogP contribution in [-0.4, -0.2) is 48.4 Å². The second-order valence-electron chi connectivity index (χ2n) is 6.20. The summed E-state index contributed by atoms with van der Waals surface area (Å²) >= 11 is 0. The Hall–Kier alpha value is -1.02. The topological polar surface area (TPSA) is 153 Å². The van der Waals surface area contributed by atoms with Crippen molar-refractivity contribution in [2.45, 2.75) is 31.3 Å². The zero-order chi connectivity index (χ0) is 18.8.